The van der Waals surface area contributed by atoms with Crippen LogP contribution in [0, 0.1) is 0 Å². The molecule has 0 radical (unpaired) electrons. The van der Waals surface area contributed by atoms with Crippen molar-refractivity contribution in [2.45, 2.75) is 26.3 Å². The fourth-order valence-corrected chi connectivity index (χ4v) is 1.98. The number of likely N-dealkylation sites (N-methyl/N-ethyl adjacent to an activating group) is 1. The van der Waals surface area contributed by atoms with Gasteiger partial charge in [-0.05, 0) is 20.4 Å². The summed E-state index contributed by atoms with van der Waals surface area (Å²) < 4.78 is 26.9. The summed E-state index contributed by atoms with van der Waals surface area (Å²) in [6.07, 6.45) is 0.818. The Bertz CT molecular complexity index is 241. The van der Waals surface area contributed by atoms with Gasteiger partial charge in [-0.15, -0.1) is 0 Å². The van der Waals surface area contributed by atoms with Crippen LogP contribution in [0.1, 0.15) is 20.3 Å². The van der Waals surface area contributed by atoms with Crippen LogP contribution in [0.15, 0.2) is 0 Å². The highest BCUT2D eigenvalue weighted by Gasteiger charge is 2.16. The third kappa shape index (κ3) is 4.90. The van der Waals surface area contributed by atoms with Crippen molar-refractivity contribution in [2.75, 3.05) is 27.2 Å². The van der Waals surface area contributed by atoms with Gasteiger partial charge in [0.2, 0.25) is 0 Å². The second-order valence-electron chi connectivity index (χ2n) is 3.36. The molecule has 14 heavy (non-hydrogen) atoms. The molecule has 0 spiro atoms. The lowest BCUT2D eigenvalue weighted by Gasteiger charge is -2.18. The summed E-state index contributed by atoms with van der Waals surface area (Å²) in [7, 11) is 0.0953. The molecule has 0 aliphatic heterocycles. The van der Waals surface area contributed by atoms with E-state index in [1.54, 1.807) is 14.1 Å². The lowest BCUT2D eigenvalue weighted by atomic mass is 10.4. The Balaban J connectivity index is 4.07. The molecular formula is C8H21N3O2S. The second kappa shape index (κ2) is 6.34. The standard InChI is InChI=1S/C8H21N3O2S/c1-5-6-11(4)14(12,13)10-7-8(2)9-3/h8-10H,5-7H2,1-4H3. The van der Waals surface area contributed by atoms with Gasteiger partial charge in [0.05, 0.1) is 0 Å². The molecule has 0 fully saturated rings. The van der Waals surface area contributed by atoms with E-state index in [1.807, 2.05) is 13.8 Å². The zero-order chi connectivity index (χ0) is 11.2. The molecule has 0 amide bonds. The SMILES string of the molecule is CCCN(C)S(=O)(=O)NCC(C)NC. The van der Waals surface area contributed by atoms with Crippen molar-refractivity contribution in [3.05, 3.63) is 0 Å². The average Bonchev–Trinajstić information content (AvgIpc) is 2.14. The van der Waals surface area contributed by atoms with Crippen molar-refractivity contribution in [1.82, 2.24) is 14.3 Å². The lowest BCUT2D eigenvalue weighted by molar-refractivity contribution is 0.451. The van der Waals surface area contributed by atoms with Crippen LogP contribution in [-0.2, 0) is 10.2 Å². The van der Waals surface area contributed by atoms with E-state index >= 15 is 0 Å². The Labute approximate surface area is 87.0 Å². The second-order valence-corrected chi connectivity index (χ2v) is 5.23. The molecule has 2 N–H and O–H groups in total. The van der Waals surface area contributed by atoms with Gasteiger partial charge in [-0.25, -0.2) is 4.72 Å². The van der Waals surface area contributed by atoms with E-state index in [0.717, 1.165) is 6.42 Å². The van der Waals surface area contributed by atoms with Crippen LogP contribution in [0.25, 0.3) is 0 Å². The highest BCUT2D eigenvalue weighted by molar-refractivity contribution is 7.87. The molecule has 0 saturated carbocycles. The summed E-state index contributed by atoms with van der Waals surface area (Å²) in [5.74, 6) is 0. The number of rotatable bonds is 7. The largest absolute Gasteiger partial charge is 0.316 e. The summed E-state index contributed by atoms with van der Waals surface area (Å²) in [4.78, 5) is 0. The number of nitrogens with zero attached hydrogens (tertiary/aromatic N) is 1. The van der Waals surface area contributed by atoms with E-state index in [-0.39, 0.29) is 6.04 Å². The van der Waals surface area contributed by atoms with E-state index in [9.17, 15) is 8.42 Å². The van der Waals surface area contributed by atoms with Gasteiger partial charge >= 0.3 is 0 Å². The van der Waals surface area contributed by atoms with Crippen molar-refractivity contribution < 1.29 is 8.42 Å². The molecule has 0 aromatic carbocycles. The van der Waals surface area contributed by atoms with Crippen molar-refractivity contribution in [1.29, 1.82) is 0 Å². The normalized spacial score (nSPS) is 14.6. The monoisotopic (exact) mass is 223 g/mol. The van der Waals surface area contributed by atoms with Crippen LogP contribution in [0.5, 0.6) is 0 Å². The molecule has 0 bridgehead atoms. The van der Waals surface area contributed by atoms with E-state index in [4.69, 9.17) is 0 Å². The summed E-state index contributed by atoms with van der Waals surface area (Å²) in [5.41, 5.74) is 0. The topological polar surface area (TPSA) is 61.4 Å². The predicted molar refractivity (Wildman–Crippen MR) is 58.4 cm³/mol. The maximum absolute atomic E-state index is 11.5. The molecular weight excluding hydrogens is 202 g/mol. The first kappa shape index (κ1) is 13.8. The summed E-state index contributed by atoms with van der Waals surface area (Å²) in [6, 6.07) is 0.139. The molecule has 1 unspecified atom stereocenters. The molecule has 0 aromatic heterocycles. The first-order valence-corrected chi connectivity index (χ1v) is 6.26. The van der Waals surface area contributed by atoms with Gasteiger partial charge in [0.1, 0.15) is 0 Å². The first-order chi connectivity index (χ1) is 6.44. The Morgan fingerprint density at radius 2 is 2.00 bits per heavy atom. The quantitative estimate of drug-likeness (QED) is 0.627. The highest BCUT2D eigenvalue weighted by Crippen LogP contribution is 1.95. The van der Waals surface area contributed by atoms with Crippen LogP contribution in [0.2, 0.25) is 0 Å². The molecule has 0 saturated heterocycles. The fraction of sp³-hybridized carbons (Fsp3) is 1.00. The first-order valence-electron chi connectivity index (χ1n) is 4.82. The number of hydrogen-bond donors (Lipinski definition) is 2. The molecule has 86 valence electrons. The molecule has 5 nitrogen and oxygen atoms in total. The van der Waals surface area contributed by atoms with Crippen molar-refractivity contribution in [2.24, 2.45) is 0 Å². The van der Waals surface area contributed by atoms with Crippen LogP contribution in [0.4, 0.5) is 0 Å². The maximum atomic E-state index is 11.5. The average molecular weight is 223 g/mol. The fourth-order valence-electron chi connectivity index (χ4n) is 0.878. The van der Waals surface area contributed by atoms with Crippen LogP contribution < -0.4 is 10.0 Å². The zero-order valence-electron chi connectivity index (χ0n) is 9.37. The van der Waals surface area contributed by atoms with Gasteiger partial charge in [-0.3, -0.25) is 0 Å². The van der Waals surface area contributed by atoms with Crippen molar-refractivity contribution in [3.63, 3.8) is 0 Å². The highest BCUT2D eigenvalue weighted by atomic mass is 32.2. The minimum Gasteiger partial charge on any atom is -0.316 e. The van der Waals surface area contributed by atoms with Crippen LogP contribution >= 0.6 is 0 Å². The van der Waals surface area contributed by atoms with Gasteiger partial charge in [-0.2, -0.15) is 12.7 Å². The molecule has 0 aromatic rings. The summed E-state index contributed by atoms with van der Waals surface area (Å²) in [6.45, 7) is 4.82. The molecule has 6 heteroatoms. The van der Waals surface area contributed by atoms with E-state index in [1.165, 1.54) is 4.31 Å². The lowest BCUT2D eigenvalue weighted by Crippen LogP contribution is -2.43. The Kier molecular flexibility index (Phi) is 6.26. The predicted octanol–water partition coefficient (Wildman–Crippen LogP) is -0.229. The van der Waals surface area contributed by atoms with E-state index in [0.29, 0.717) is 13.1 Å². The van der Waals surface area contributed by atoms with Gasteiger partial charge in [-0.1, -0.05) is 6.92 Å². The Hall–Kier alpha value is -0.170. The molecule has 1 atom stereocenters. The van der Waals surface area contributed by atoms with Crippen molar-refractivity contribution >= 4 is 10.2 Å². The van der Waals surface area contributed by atoms with Crippen LogP contribution in [0.3, 0.4) is 0 Å². The summed E-state index contributed by atoms with van der Waals surface area (Å²) >= 11 is 0. The van der Waals surface area contributed by atoms with Crippen LogP contribution in [-0.4, -0.2) is 45.9 Å². The minimum atomic E-state index is -3.28. The van der Waals surface area contributed by atoms with Crippen molar-refractivity contribution in [3.8, 4) is 0 Å². The van der Waals surface area contributed by atoms with Gasteiger partial charge in [0, 0.05) is 26.2 Å². The third-order valence-electron chi connectivity index (χ3n) is 2.01. The number of nitrogens with one attached hydrogen (secondary N) is 2. The Morgan fingerprint density at radius 3 is 2.43 bits per heavy atom. The zero-order valence-corrected chi connectivity index (χ0v) is 10.2. The third-order valence-corrected chi connectivity index (χ3v) is 3.55. The summed E-state index contributed by atoms with van der Waals surface area (Å²) in [5, 5.41) is 2.96. The molecule has 0 heterocycles. The molecule has 0 aliphatic carbocycles. The molecule has 0 rings (SSSR count). The van der Waals surface area contributed by atoms with Gasteiger partial charge in [0.15, 0.2) is 0 Å². The van der Waals surface area contributed by atoms with E-state index in [2.05, 4.69) is 10.0 Å². The smallest absolute Gasteiger partial charge is 0.279 e. The van der Waals surface area contributed by atoms with Gasteiger partial charge < -0.3 is 5.32 Å². The van der Waals surface area contributed by atoms with Gasteiger partial charge in [0.25, 0.3) is 10.2 Å². The number of hydrogen-bond acceptors (Lipinski definition) is 3. The molecule has 0 aliphatic rings. The van der Waals surface area contributed by atoms with E-state index < -0.39 is 10.2 Å². The maximum Gasteiger partial charge on any atom is 0.279 e. The Morgan fingerprint density at radius 1 is 1.43 bits per heavy atom. The minimum absolute atomic E-state index is 0.139.